The minimum absolute atomic E-state index is 0.267. The van der Waals surface area contributed by atoms with Gasteiger partial charge in [0.1, 0.15) is 17.7 Å². The van der Waals surface area contributed by atoms with Gasteiger partial charge in [0.25, 0.3) is 0 Å². The molecular weight excluding hydrogens is 463 g/mol. The lowest BCUT2D eigenvalue weighted by atomic mass is 9.94. The van der Waals surface area contributed by atoms with Gasteiger partial charge in [0.2, 0.25) is 0 Å². The number of nitrogens with zero attached hydrogens (tertiary/aromatic N) is 3. The zero-order chi connectivity index (χ0) is 25.3. The van der Waals surface area contributed by atoms with Crippen molar-refractivity contribution in [1.82, 2.24) is 14.8 Å². The van der Waals surface area contributed by atoms with Gasteiger partial charge in [0, 0.05) is 11.6 Å². The number of benzene rings is 2. The molecule has 1 atom stereocenters. The van der Waals surface area contributed by atoms with Crippen molar-refractivity contribution in [2.24, 2.45) is 0 Å². The van der Waals surface area contributed by atoms with Crippen molar-refractivity contribution >= 4 is 17.9 Å². The van der Waals surface area contributed by atoms with E-state index in [1.807, 2.05) is 30.3 Å². The second-order valence-corrected chi connectivity index (χ2v) is 8.69. The van der Waals surface area contributed by atoms with E-state index in [-0.39, 0.29) is 5.56 Å². The SMILES string of the molecule is CC(OC(=O)Nc1ccnn1-c1ccc(-c2ccc(C3(C(=O)O)CC3)cc2F)nc1)c1ccccc1. The van der Waals surface area contributed by atoms with Crippen LogP contribution >= 0.6 is 0 Å². The number of rotatable bonds is 7. The van der Waals surface area contributed by atoms with Crippen LogP contribution in [-0.2, 0) is 14.9 Å². The molecule has 182 valence electrons. The molecule has 1 saturated carbocycles. The molecular formula is C27H23FN4O4. The molecule has 0 spiro atoms. The average Bonchev–Trinajstić information content (AvgIpc) is 3.58. The number of carbonyl (C=O) groups excluding carboxylic acids is 1. The fourth-order valence-electron chi connectivity index (χ4n) is 4.13. The Hall–Kier alpha value is -4.53. The van der Waals surface area contributed by atoms with Gasteiger partial charge < -0.3 is 9.84 Å². The topological polar surface area (TPSA) is 106 Å². The van der Waals surface area contributed by atoms with Crippen molar-refractivity contribution < 1.29 is 23.8 Å². The molecule has 2 aromatic heterocycles. The molecule has 1 aliphatic rings. The highest BCUT2D eigenvalue weighted by Crippen LogP contribution is 2.49. The van der Waals surface area contributed by atoms with Gasteiger partial charge in [-0.1, -0.05) is 36.4 Å². The molecule has 5 rings (SSSR count). The van der Waals surface area contributed by atoms with Crippen LogP contribution in [0.1, 0.15) is 37.0 Å². The molecule has 2 heterocycles. The Morgan fingerprint density at radius 2 is 1.89 bits per heavy atom. The molecule has 9 heteroatoms. The van der Waals surface area contributed by atoms with Gasteiger partial charge in [-0.2, -0.15) is 5.10 Å². The summed E-state index contributed by atoms with van der Waals surface area (Å²) in [5.74, 6) is -1.08. The first-order valence-electron chi connectivity index (χ1n) is 11.4. The molecule has 1 amide bonds. The van der Waals surface area contributed by atoms with Crippen molar-refractivity contribution in [2.45, 2.75) is 31.3 Å². The zero-order valence-corrected chi connectivity index (χ0v) is 19.4. The van der Waals surface area contributed by atoms with Crippen LogP contribution in [0.25, 0.3) is 16.9 Å². The highest BCUT2D eigenvalue weighted by Gasteiger charge is 2.51. The minimum Gasteiger partial charge on any atom is -0.481 e. The summed E-state index contributed by atoms with van der Waals surface area (Å²) in [5, 5.41) is 16.4. The number of halogens is 1. The Morgan fingerprint density at radius 1 is 1.11 bits per heavy atom. The lowest BCUT2D eigenvalue weighted by Crippen LogP contribution is -2.19. The van der Waals surface area contributed by atoms with Gasteiger partial charge in [-0.15, -0.1) is 0 Å². The number of aliphatic carboxylic acids is 1. The van der Waals surface area contributed by atoms with Crippen LogP contribution in [0.4, 0.5) is 15.0 Å². The smallest absolute Gasteiger partial charge is 0.413 e. The van der Waals surface area contributed by atoms with Crippen LogP contribution in [0.2, 0.25) is 0 Å². The summed E-state index contributed by atoms with van der Waals surface area (Å²) < 4.78 is 21.8. The molecule has 4 aromatic rings. The van der Waals surface area contributed by atoms with E-state index in [0.29, 0.717) is 35.6 Å². The van der Waals surface area contributed by atoms with Gasteiger partial charge in [0.05, 0.1) is 29.2 Å². The molecule has 0 aliphatic heterocycles. The van der Waals surface area contributed by atoms with E-state index >= 15 is 0 Å². The van der Waals surface area contributed by atoms with Crippen LogP contribution in [0.5, 0.6) is 0 Å². The third-order valence-electron chi connectivity index (χ3n) is 6.38. The zero-order valence-electron chi connectivity index (χ0n) is 19.4. The number of nitrogens with one attached hydrogen (secondary N) is 1. The van der Waals surface area contributed by atoms with Crippen molar-refractivity contribution in [3.8, 4) is 16.9 Å². The lowest BCUT2D eigenvalue weighted by molar-refractivity contribution is -0.140. The van der Waals surface area contributed by atoms with Crippen LogP contribution in [-0.4, -0.2) is 31.9 Å². The molecule has 36 heavy (non-hydrogen) atoms. The summed E-state index contributed by atoms with van der Waals surface area (Å²) in [6, 6.07) is 18.8. The largest absolute Gasteiger partial charge is 0.481 e. The maximum atomic E-state index is 14.9. The number of amides is 1. The van der Waals surface area contributed by atoms with Gasteiger partial charge in [0.15, 0.2) is 0 Å². The van der Waals surface area contributed by atoms with E-state index < -0.39 is 29.4 Å². The minimum atomic E-state index is -0.972. The molecule has 0 radical (unpaired) electrons. The number of aromatic nitrogens is 3. The van der Waals surface area contributed by atoms with E-state index in [9.17, 15) is 19.1 Å². The first-order valence-corrected chi connectivity index (χ1v) is 11.4. The molecule has 1 aliphatic carbocycles. The molecule has 0 bridgehead atoms. The number of carbonyl (C=O) groups is 2. The Balaban J connectivity index is 1.30. The monoisotopic (exact) mass is 486 g/mol. The van der Waals surface area contributed by atoms with E-state index in [1.54, 1.807) is 37.3 Å². The summed E-state index contributed by atoms with van der Waals surface area (Å²) in [6.07, 6.45) is 2.99. The lowest BCUT2D eigenvalue weighted by Gasteiger charge is -2.15. The Labute approximate surface area is 206 Å². The summed E-state index contributed by atoms with van der Waals surface area (Å²) in [5.41, 5.74) is 1.57. The van der Waals surface area contributed by atoms with E-state index in [4.69, 9.17) is 4.74 Å². The van der Waals surface area contributed by atoms with Gasteiger partial charge >= 0.3 is 12.1 Å². The van der Waals surface area contributed by atoms with E-state index in [0.717, 1.165) is 5.56 Å². The number of carboxylic acids is 1. The maximum absolute atomic E-state index is 14.9. The molecule has 2 N–H and O–H groups in total. The number of anilines is 1. The molecule has 8 nitrogen and oxygen atoms in total. The average molecular weight is 487 g/mol. The second-order valence-electron chi connectivity index (χ2n) is 8.69. The first-order chi connectivity index (χ1) is 17.4. The van der Waals surface area contributed by atoms with Crippen LogP contribution < -0.4 is 5.32 Å². The van der Waals surface area contributed by atoms with Gasteiger partial charge in [-0.3, -0.25) is 15.1 Å². The number of hydrogen-bond donors (Lipinski definition) is 2. The van der Waals surface area contributed by atoms with Crippen molar-refractivity contribution in [2.75, 3.05) is 5.32 Å². The summed E-state index contributed by atoms with van der Waals surface area (Å²) in [7, 11) is 0. The summed E-state index contributed by atoms with van der Waals surface area (Å²) >= 11 is 0. The third kappa shape index (κ3) is 4.43. The normalized spacial score (nSPS) is 14.6. The van der Waals surface area contributed by atoms with Crippen LogP contribution in [0.15, 0.2) is 79.1 Å². The Morgan fingerprint density at radius 3 is 2.53 bits per heavy atom. The number of pyridine rings is 1. The van der Waals surface area contributed by atoms with E-state index in [2.05, 4.69) is 15.4 Å². The van der Waals surface area contributed by atoms with Crippen molar-refractivity contribution in [3.63, 3.8) is 0 Å². The van der Waals surface area contributed by atoms with Crippen molar-refractivity contribution in [1.29, 1.82) is 0 Å². The van der Waals surface area contributed by atoms with Gasteiger partial charge in [-0.05, 0) is 55.2 Å². The fraction of sp³-hybridized carbons (Fsp3) is 0.185. The van der Waals surface area contributed by atoms with Crippen LogP contribution in [0, 0.1) is 5.82 Å². The quantitative estimate of drug-likeness (QED) is 0.357. The number of hydrogen-bond acceptors (Lipinski definition) is 5. The highest BCUT2D eigenvalue weighted by atomic mass is 19.1. The number of ether oxygens (including phenoxy) is 1. The number of carboxylic acid groups (broad SMARTS) is 1. The molecule has 1 fully saturated rings. The highest BCUT2D eigenvalue weighted by molar-refractivity contribution is 5.85. The molecule has 2 aromatic carbocycles. The Bertz CT molecular complexity index is 1420. The first kappa shape index (κ1) is 23.2. The molecule has 0 saturated heterocycles. The van der Waals surface area contributed by atoms with E-state index in [1.165, 1.54) is 23.1 Å². The van der Waals surface area contributed by atoms with Crippen molar-refractivity contribution in [3.05, 3.63) is 96.1 Å². The van der Waals surface area contributed by atoms with Gasteiger partial charge in [-0.25, -0.2) is 13.9 Å². The third-order valence-corrected chi connectivity index (χ3v) is 6.38. The predicted octanol–water partition coefficient (Wildman–Crippen LogP) is 5.50. The standard InChI is InChI=1S/C27H23FN4O4/c1-17(18-5-3-2-4-6-18)36-26(35)31-24-11-14-30-32(24)20-8-10-23(29-16-20)21-9-7-19(15-22(21)28)27(12-13-27)25(33)34/h2-11,14-17H,12-13H2,1H3,(H,31,35)(H,33,34). The van der Waals surface area contributed by atoms with Crippen LogP contribution in [0.3, 0.4) is 0 Å². The summed E-state index contributed by atoms with van der Waals surface area (Å²) in [6.45, 7) is 1.78. The predicted molar refractivity (Wildman–Crippen MR) is 130 cm³/mol. The Kier molecular flexibility index (Phi) is 5.97. The molecule has 1 unspecified atom stereocenters. The maximum Gasteiger partial charge on any atom is 0.413 e. The second kappa shape index (κ2) is 9.26. The fourth-order valence-corrected chi connectivity index (χ4v) is 4.13. The summed E-state index contributed by atoms with van der Waals surface area (Å²) in [4.78, 5) is 28.3.